The molecule has 0 rings (SSSR count). The summed E-state index contributed by atoms with van der Waals surface area (Å²) < 4.78 is 68.6. The molecule has 0 fully saturated rings. The van der Waals surface area contributed by atoms with Crippen LogP contribution in [-0.2, 0) is 65.4 Å². The highest BCUT2D eigenvalue weighted by Crippen LogP contribution is 2.45. The monoisotopic (exact) mass is 1410 g/mol. The molecular formula is C77H150O17P2. The van der Waals surface area contributed by atoms with E-state index in [0.717, 1.165) is 102 Å². The number of hydrogen-bond acceptors (Lipinski definition) is 15. The van der Waals surface area contributed by atoms with Crippen LogP contribution >= 0.6 is 15.6 Å². The van der Waals surface area contributed by atoms with Gasteiger partial charge in [0.25, 0.3) is 0 Å². The minimum Gasteiger partial charge on any atom is -0.462 e. The van der Waals surface area contributed by atoms with Gasteiger partial charge in [0.2, 0.25) is 0 Å². The molecule has 0 spiro atoms. The van der Waals surface area contributed by atoms with Crippen LogP contribution in [0.1, 0.15) is 401 Å². The van der Waals surface area contributed by atoms with Crippen LogP contribution in [0, 0.1) is 11.8 Å². The van der Waals surface area contributed by atoms with Crippen molar-refractivity contribution in [1.29, 1.82) is 0 Å². The Hall–Kier alpha value is -1.94. The lowest BCUT2D eigenvalue weighted by Gasteiger charge is -2.21. The third-order valence-electron chi connectivity index (χ3n) is 18.3. The fraction of sp³-hybridized carbons (Fsp3) is 0.948. The molecule has 3 N–H and O–H groups in total. The zero-order chi connectivity index (χ0) is 70.7. The SMILES string of the molecule is CCCCCCCCCCCCCCCC(=O)OC[C@H](COP(=O)(O)OC[C@@H](O)COP(=O)(O)OC[C@@H](COC(=O)CCCCCCCCCCCC(C)C)OC(=O)CCCCCCCCCCCCCCC)OC(=O)CCCCCCCCCCCCCCCCC(C)CC. The summed E-state index contributed by atoms with van der Waals surface area (Å²) in [5.41, 5.74) is 0. The predicted molar refractivity (Wildman–Crippen MR) is 391 cm³/mol. The normalized spacial score (nSPS) is 14.3. The Morgan fingerprint density at radius 3 is 0.792 bits per heavy atom. The predicted octanol–water partition coefficient (Wildman–Crippen LogP) is 22.7. The van der Waals surface area contributed by atoms with E-state index in [0.29, 0.717) is 25.7 Å². The molecule has 0 aromatic carbocycles. The second kappa shape index (κ2) is 68.8. The number of phosphoric acid groups is 2. The average Bonchev–Trinajstić information content (AvgIpc) is 2.00. The first-order valence-corrected chi connectivity index (χ1v) is 43.0. The van der Waals surface area contributed by atoms with E-state index in [4.69, 9.17) is 37.0 Å². The number of hydrogen-bond donors (Lipinski definition) is 3. The third kappa shape index (κ3) is 69.2. The number of esters is 4. The molecule has 96 heavy (non-hydrogen) atoms. The Balaban J connectivity index is 5.25. The van der Waals surface area contributed by atoms with Crippen LogP contribution in [0.4, 0.5) is 0 Å². The molecule has 0 aromatic heterocycles. The van der Waals surface area contributed by atoms with Crippen molar-refractivity contribution >= 4 is 39.5 Å². The van der Waals surface area contributed by atoms with E-state index >= 15 is 0 Å². The molecule has 0 saturated carbocycles. The Morgan fingerprint density at radius 1 is 0.302 bits per heavy atom. The summed E-state index contributed by atoms with van der Waals surface area (Å²) in [7, 11) is -9.91. The van der Waals surface area contributed by atoms with Crippen LogP contribution in [0.5, 0.6) is 0 Å². The molecular weight excluding hydrogens is 1260 g/mol. The fourth-order valence-electron chi connectivity index (χ4n) is 11.8. The molecule has 0 saturated heterocycles. The maximum Gasteiger partial charge on any atom is 0.472 e. The lowest BCUT2D eigenvalue weighted by molar-refractivity contribution is -0.161. The van der Waals surface area contributed by atoms with E-state index < -0.39 is 97.5 Å². The van der Waals surface area contributed by atoms with Gasteiger partial charge in [0.15, 0.2) is 12.2 Å². The van der Waals surface area contributed by atoms with Crippen LogP contribution < -0.4 is 0 Å². The summed E-state index contributed by atoms with van der Waals surface area (Å²) in [6, 6.07) is 0. The van der Waals surface area contributed by atoms with E-state index in [1.165, 1.54) is 218 Å². The van der Waals surface area contributed by atoms with E-state index in [-0.39, 0.29) is 25.7 Å². The second-order valence-electron chi connectivity index (χ2n) is 28.5. The zero-order valence-electron chi connectivity index (χ0n) is 62.7. The lowest BCUT2D eigenvalue weighted by Crippen LogP contribution is -2.30. The molecule has 17 nitrogen and oxygen atoms in total. The van der Waals surface area contributed by atoms with Crippen molar-refractivity contribution in [2.24, 2.45) is 11.8 Å². The molecule has 19 heteroatoms. The van der Waals surface area contributed by atoms with Gasteiger partial charge in [0.05, 0.1) is 26.4 Å². The minimum atomic E-state index is -4.96. The number of phosphoric ester groups is 2. The highest BCUT2D eigenvalue weighted by atomic mass is 31.2. The molecule has 0 radical (unpaired) electrons. The average molecular weight is 1410 g/mol. The first-order chi connectivity index (χ1) is 46.4. The molecule has 3 unspecified atom stereocenters. The van der Waals surface area contributed by atoms with Crippen LogP contribution in [0.2, 0.25) is 0 Å². The third-order valence-corrected chi connectivity index (χ3v) is 20.2. The lowest BCUT2D eigenvalue weighted by atomic mass is 9.99. The van der Waals surface area contributed by atoms with Gasteiger partial charge in [-0.3, -0.25) is 37.3 Å². The summed E-state index contributed by atoms with van der Waals surface area (Å²) in [4.78, 5) is 72.9. The molecule has 0 aliphatic rings. The van der Waals surface area contributed by atoms with Crippen molar-refractivity contribution < 1.29 is 80.2 Å². The van der Waals surface area contributed by atoms with E-state index in [1.807, 2.05) is 0 Å². The van der Waals surface area contributed by atoms with Crippen molar-refractivity contribution in [3.05, 3.63) is 0 Å². The maximum absolute atomic E-state index is 13.1. The highest BCUT2D eigenvalue weighted by Gasteiger charge is 2.30. The number of unbranched alkanes of at least 4 members (excludes halogenated alkanes) is 45. The number of rotatable bonds is 76. The van der Waals surface area contributed by atoms with Gasteiger partial charge in [-0.15, -0.1) is 0 Å². The number of ether oxygens (including phenoxy) is 4. The molecule has 570 valence electrons. The number of aliphatic hydroxyl groups excluding tert-OH is 1. The Bertz CT molecular complexity index is 1860. The fourth-order valence-corrected chi connectivity index (χ4v) is 13.4. The number of carbonyl (C=O) groups excluding carboxylic acids is 4. The van der Waals surface area contributed by atoms with Crippen molar-refractivity contribution in [1.82, 2.24) is 0 Å². The van der Waals surface area contributed by atoms with E-state index in [2.05, 4.69) is 41.5 Å². The van der Waals surface area contributed by atoms with E-state index in [1.54, 1.807) is 0 Å². The molecule has 0 bridgehead atoms. The number of aliphatic hydroxyl groups is 1. The van der Waals surface area contributed by atoms with Crippen LogP contribution in [0.25, 0.3) is 0 Å². The summed E-state index contributed by atoms with van der Waals surface area (Å²) in [5.74, 6) is -0.521. The van der Waals surface area contributed by atoms with Crippen LogP contribution in [-0.4, -0.2) is 96.7 Å². The highest BCUT2D eigenvalue weighted by molar-refractivity contribution is 7.47. The van der Waals surface area contributed by atoms with Gasteiger partial charge in [-0.25, -0.2) is 9.13 Å². The number of carbonyl (C=O) groups is 4. The second-order valence-corrected chi connectivity index (χ2v) is 31.4. The first-order valence-electron chi connectivity index (χ1n) is 40.0. The Morgan fingerprint density at radius 2 is 0.531 bits per heavy atom. The molecule has 0 aliphatic carbocycles. The molecule has 0 aliphatic heterocycles. The summed E-state index contributed by atoms with van der Waals surface area (Å²) in [5, 5.41) is 10.6. The van der Waals surface area contributed by atoms with E-state index in [9.17, 15) is 43.2 Å². The quantitative estimate of drug-likeness (QED) is 0.0222. The standard InChI is InChI=1S/C77H150O17P2/c1-7-10-12-14-16-18-20-24-29-35-41-47-53-59-74(79)87-65-72(93-77(82)62-56-50-44-37-31-27-23-22-26-28-34-40-46-52-58-70(6)9-3)67-91-95(83,84)89-63-71(78)64-90-96(85,86)92-68-73(66-88-75(80)60-54-48-42-38-32-33-39-45-51-57-69(4)5)94-76(81)61-55-49-43-36-30-25-21-19-17-15-13-11-8-2/h69-73,78H,7-68H2,1-6H3,(H,83,84)(H,85,86)/t70?,71-,72-,73-/m1/s1. The molecule has 0 heterocycles. The smallest absolute Gasteiger partial charge is 0.462 e. The first kappa shape index (κ1) is 94.1. The van der Waals surface area contributed by atoms with Crippen molar-refractivity contribution in [2.45, 2.75) is 419 Å². The summed E-state index contributed by atoms with van der Waals surface area (Å²) >= 11 is 0. The Labute approximate surface area is 588 Å². The van der Waals surface area contributed by atoms with Crippen molar-refractivity contribution in [2.75, 3.05) is 39.6 Å². The summed E-state index contributed by atoms with van der Waals surface area (Å²) in [6.07, 6.45) is 56.6. The van der Waals surface area contributed by atoms with Gasteiger partial charge >= 0.3 is 39.5 Å². The van der Waals surface area contributed by atoms with Gasteiger partial charge in [-0.05, 0) is 37.5 Å². The minimum absolute atomic E-state index is 0.107. The van der Waals surface area contributed by atoms with Gasteiger partial charge < -0.3 is 33.8 Å². The Kier molecular flexibility index (Phi) is 67.4. The topological polar surface area (TPSA) is 237 Å². The van der Waals surface area contributed by atoms with Gasteiger partial charge in [-0.1, -0.05) is 350 Å². The van der Waals surface area contributed by atoms with Crippen molar-refractivity contribution in [3.63, 3.8) is 0 Å². The maximum atomic E-state index is 13.1. The van der Waals surface area contributed by atoms with Crippen LogP contribution in [0.3, 0.4) is 0 Å². The van der Waals surface area contributed by atoms with Gasteiger partial charge in [0.1, 0.15) is 19.3 Å². The molecule has 0 amide bonds. The largest absolute Gasteiger partial charge is 0.472 e. The summed E-state index contributed by atoms with van der Waals surface area (Å²) in [6.45, 7) is 9.65. The molecule has 0 aromatic rings. The van der Waals surface area contributed by atoms with Crippen LogP contribution in [0.15, 0.2) is 0 Å². The molecule has 6 atom stereocenters. The van der Waals surface area contributed by atoms with Gasteiger partial charge in [-0.2, -0.15) is 0 Å². The van der Waals surface area contributed by atoms with Crippen molar-refractivity contribution in [3.8, 4) is 0 Å². The zero-order valence-corrected chi connectivity index (χ0v) is 64.5. The van der Waals surface area contributed by atoms with Gasteiger partial charge in [0, 0.05) is 25.7 Å².